The van der Waals surface area contributed by atoms with Gasteiger partial charge in [-0.2, -0.15) is 5.26 Å². The van der Waals surface area contributed by atoms with E-state index in [4.69, 9.17) is 20.5 Å². The SMILES string of the molecule is COc1ccc(N=C(N)NC#N)c(OC)c1. The average Bonchev–Trinajstić information content (AvgIpc) is 2.30. The molecule has 0 saturated heterocycles. The molecule has 0 aliphatic carbocycles. The van der Waals surface area contributed by atoms with Crippen molar-refractivity contribution in [1.82, 2.24) is 5.32 Å². The Kier molecular flexibility index (Phi) is 3.98. The van der Waals surface area contributed by atoms with E-state index in [1.165, 1.54) is 7.11 Å². The van der Waals surface area contributed by atoms with E-state index in [1.54, 1.807) is 31.5 Å². The summed E-state index contributed by atoms with van der Waals surface area (Å²) in [6, 6.07) is 5.09. The van der Waals surface area contributed by atoms with Crippen molar-refractivity contribution >= 4 is 11.6 Å². The molecule has 0 heterocycles. The summed E-state index contributed by atoms with van der Waals surface area (Å²) >= 11 is 0. The minimum Gasteiger partial charge on any atom is -0.497 e. The van der Waals surface area contributed by atoms with E-state index < -0.39 is 0 Å². The zero-order valence-electron chi connectivity index (χ0n) is 9.02. The number of aliphatic imine (C=N–C) groups is 1. The van der Waals surface area contributed by atoms with Crippen molar-refractivity contribution in [3.05, 3.63) is 18.2 Å². The van der Waals surface area contributed by atoms with Gasteiger partial charge >= 0.3 is 0 Å². The van der Waals surface area contributed by atoms with Crippen LogP contribution in [-0.2, 0) is 0 Å². The molecule has 3 N–H and O–H groups in total. The van der Waals surface area contributed by atoms with Crippen LogP contribution >= 0.6 is 0 Å². The molecule has 16 heavy (non-hydrogen) atoms. The second-order valence-corrected chi connectivity index (χ2v) is 2.77. The summed E-state index contributed by atoms with van der Waals surface area (Å²) < 4.78 is 10.1. The maximum absolute atomic E-state index is 8.35. The molecule has 6 nitrogen and oxygen atoms in total. The summed E-state index contributed by atoms with van der Waals surface area (Å²) in [5.41, 5.74) is 5.96. The number of nitrogens with zero attached hydrogens (tertiary/aromatic N) is 2. The fraction of sp³-hybridized carbons (Fsp3) is 0.200. The lowest BCUT2D eigenvalue weighted by atomic mass is 10.3. The van der Waals surface area contributed by atoms with Gasteiger partial charge in [-0.3, -0.25) is 5.32 Å². The first-order valence-electron chi connectivity index (χ1n) is 4.42. The molecular weight excluding hydrogens is 208 g/mol. The van der Waals surface area contributed by atoms with Crippen LogP contribution in [-0.4, -0.2) is 20.2 Å². The number of guanidine groups is 1. The molecule has 0 bridgehead atoms. The van der Waals surface area contributed by atoms with Crippen LogP contribution in [0.4, 0.5) is 5.69 Å². The summed E-state index contributed by atoms with van der Waals surface area (Å²) in [4.78, 5) is 3.98. The standard InChI is InChI=1S/C10H12N4O2/c1-15-7-3-4-8(9(5-7)16-2)14-10(12)13-6-11/h3-5H,1-2H3,(H3,12,13,14). The summed E-state index contributed by atoms with van der Waals surface area (Å²) in [5, 5.41) is 10.6. The number of hydrogen-bond acceptors (Lipinski definition) is 4. The van der Waals surface area contributed by atoms with Gasteiger partial charge in [0.1, 0.15) is 17.2 Å². The summed E-state index contributed by atoms with van der Waals surface area (Å²) in [6.07, 6.45) is 1.68. The zero-order chi connectivity index (χ0) is 12.0. The van der Waals surface area contributed by atoms with Gasteiger partial charge in [-0.1, -0.05) is 0 Å². The van der Waals surface area contributed by atoms with Gasteiger partial charge in [0, 0.05) is 6.07 Å². The van der Waals surface area contributed by atoms with Crippen LogP contribution in [0.25, 0.3) is 0 Å². The van der Waals surface area contributed by atoms with E-state index in [2.05, 4.69) is 10.3 Å². The molecule has 0 saturated carbocycles. The molecule has 0 fully saturated rings. The molecular formula is C10H12N4O2. The Hall–Kier alpha value is -2.42. The molecule has 0 aliphatic heterocycles. The minimum atomic E-state index is 0.00552. The first-order chi connectivity index (χ1) is 7.71. The number of nitrogens with one attached hydrogen (secondary N) is 1. The van der Waals surface area contributed by atoms with Crippen molar-refractivity contribution in [1.29, 1.82) is 5.26 Å². The normalized spacial score (nSPS) is 10.4. The molecule has 0 aliphatic rings. The van der Waals surface area contributed by atoms with Crippen molar-refractivity contribution in [2.75, 3.05) is 14.2 Å². The van der Waals surface area contributed by atoms with Crippen molar-refractivity contribution in [2.24, 2.45) is 10.7 Å². The number of rotatable bonds is 3. The smallest absolute Gasteiger partial charge is 0.207 e. The molecule has 1 aromatic rings. The number of nitrogens with two attached hydrogens (primary N) is 1. The summed E-state index contributed by atoms with van der Waals surface area (Å²) in [5.74, 6) is 1.18. The molecule has 0 spiro atoms. The van der Waals surface area contributed by atoms with Gasteiger partial charge in [0.25, 0.3) is 0 Å². The third-order valence-corrected chi connectivity index (χ3v) is 1.81. The van der Waals surface area contributed by atoms with E-state index >= 15 is 0 Å². The first-order valence-corrected chi connectivity index (χ1v) is 4.42. The van der Waals surface area contributed by atoms with E-state index in [-0.39, 0.29) is 5.96 Å². The Morgan fingerprint density at radius 2 is 2.19 bits per heavy atom. The lowest BCUT2D eigenvalue weighted by Gasteiger charge is -2.07. The van der Waals surface area contributed by atoms with Gasteiger partial charge in [-0.25, -0.2) is 4.99 Å². The monoisotopic (exact) mass is 220 g/mol. The van der Waals surface area contributed by atoms with Crippen LogP contribution in [0.15, 0.2) is 23.2 Å². The first kappa shape index (κ1) is 11.7. The Labute approximate surface area is 93.3 Å². The van der Waals surface area contributed by atoms with Gasteiger partial charge in [0.2, 0.25) is 5.96 Å². The van der Waals surface area contributed by atoms with Crippen molar-refractivity contribution < 1.29 is 9.47 Å². The van der Waals surface area contributed by atoms with Gasteiger partial charge < -0.3 is 15.2 Å². The van der Waals surface area contributed by atoms with Crippen molar-refractivity contribution in [2.45, 2.75) is 0 Å². The summed E-state index contributed by atoms with van der Waals surface area (Å²) in [6.45, 7) is 0. The van der Waals surface area contributed by atoms with Crippen LogP contribution in [0, 0.1) is 11.5 Å². The number of ether oxygens (including phenoxy) is 2. The van der Waals surface area contributed by atoms with E-state index in [0.717, 1.165) is 0 Å². The van der Waals surface area contributed by atoms with Crippen molar-refractivity contribution in [3.63, 3.8) is 0 Å². The Morgan fingerprint density at radius 1 is 1.44 bits per heavy atom. The zero-order valence-corrected chi connectivity index (χ0v) is 9.02. The van der Waals surface area contributed by atoms with Gasteiger partial charge in [-0.15, -0.1) is 0 Å². The Morgan fingerprint density at radius 3 is 2.75 bits per heavy atom. The lowest BCUT2D eigenvalue weighted by molar-refractivity contribution is 0.395. The highest BCUT2D eigenvalue weighted by atomic mass is 16.5. The maximum Gasteiger partial charge on any atom is 0.207 e. The fourth-order valence-electron chi connectivity index (χ4n) is 1.09. The lowest BCUT2D eigenvalue weighted by Crippen LogP contribution is -2.26. The highest BCUT2D eigenvalue weighted by Gasteiger charge is 2.04. The number of methoxy groups -OCH3 is 2. The predicted molar refractivity (Wildman–Crippen MR) is 59.6 cm³/mol. The molecule has 0 unspecified atom stereocenters. The van der Waals surface area contributed by atoms with Gasteiger partial charge in [0.05, 0.1) is 14.2 Å². The molecule has 0 radical (unpaired) electrons. The topological polar surface area (TPSA) is 92.7 Å². The van der Waals surface area contributed by atoms with Crippen LogP contribution < -0.4 is 20.5 Å². The summed E-state index contributed by atoms with van der Waals surface area (Å²) in [7, 11) is 3.07. The van der Waals surface area contributed by atoms with E-state index in [1.807, 2.05) is 0 Å². The molecule has 0 aromatic heterocycles. The second-order valence-electron chi connectivity index (χ2n) is 2.77. The average molecular weight is 220 g/mol. The predicted octanol–water partition coefficient (Wildman–Crippen LogP) is 0.721. The highest BCUT2D eigenvalue weighted by Crippen LogP contribution is 2.31. The molecule has 84 valence electrons. The van der Waals surface area contributed by atoms with E-state index in [0.29, 0.717) is 17.2 Å². The number of nitriles is 1. The minimum absolute atomic E-state index is 0.00552. The van der Waals surface area contributed by atoms with Crippen molar-refractivity contribution in [3.8, 4) is 17.7 Å². The van der Waals surface area contributed by atoms with Crippen LogP contribution in [0.5, 0.6) is 11.5 Å². The van der Waals surface area contributed by atoms with Gasteiger partial charge in [0.15, 0.2) is 6.19 Å². The van der Waals surface area contributed by atoms with E-state index in [9.17, 15) is 0 Å². The molecule has 1 aromatic carbocycles. The highest BCUT2D eigenvalue weighted by molar-refractivity contribution is 5.83. The molecule has 0 amide bonds. The molecule has 0 atom stereocenters. The molecule has 6 heteroatoms. The third-order valence-electron chi connectivity index (χ3n) is 1.81. The largest absolute Gasteiger partial charge is 0.497 e. The van der Waals surface area contributed by atoms with Crippen LogP contribution in [0.3, 0.4) is 0 Å². The van der Waals surface area contributed by atoms with Crippen LogP contribution in [0.1, 0.15) is 0 Å². The van der Waals surface area contributed by atoms with Gasteiger partial charge in [-0.05, 0) is 12.1 Å². The fourth-order valence-corrected chi connectivity index (χ4v) is 1.09. The maximum atomic E-state index is 8.35. The third kappa shape index (κ3) is 2.78. The number of benzene rings is 1. The second kappa shape index (κ2) is 5.46. The Balaban J connectivity index is 3.05. The van der Waals surface area contributed by atoms with Crippen LogP contribution in [0.2, 0.25) is 0 Å². The molecule has 1 rings (SSSR count). The Bertz CT molecular complexity index is 437. The quantitative estimate of drug-likeness (QED) is 0.339. The number of hydrogen-bond donors (Lipinski definition) is 2.